The molecule has 0 bridgehead atoms. The number of anilines is 1. The zero-order valence-corrected chi connectivity index (χ0v) is 13.5. The molecule has 1 aromatic heterocycles. The predicted octanol–water partition coefficient (Wildman–Crippen LogP) is 3.45. The van der Waals surface area contributed by atoms with Crippen LogP contribution in [0, 0.1) is 12.3 Å². The summed E-state index contributed by atoms with van der Waals surface area (Å²) < 4.78 is 64.5. The molecule has 1 saturated carbocycles. The highest BCUT2D eigenvalue weighted by Gasteiger charge is 2.46. The van der Waals surface area contributed by atoms with Crippen LogP contribution in [-0.2, 0) is 6.18 Å². The number of hydrogen-bond acceptors (Lipinski definition) is 3. The van der Waals surface area contributed by atoms with E-state index in [0.29, 0.717) is 12.3 Å². The van der Waals surface area contributed by atoms with Crippen LogP contribution in [0.1, 0.15) is 42.6 Å². The SMILES string of the molecule is C#CC(C)(C)NC(=O)c1cc(C(F)(F)F)cnc1NC1CC(F)(F)C1. The standard InChI is InChI=1S/C16H16F5N3O/c1-4-14(2,3)24-13(25)11-5-9(16(19,20)21)8-22-12(11)23-10-6-15(17,18)7-10/h1,5,8,10H,6-7H2,2-3H3,(H,22,23)(H,24,25). The first-order chi connectivity index (χ1) is 11.3. The molecule has 1 amide bonds. The van der Waals surface area contributed by atoms with Gasteiger partial charge in [-0.2, -0.15) is 13.2 Å². The van der Waals surface area contributed by atoms with E-state index in [1.165, 1.54) is 13.8 Å². The molecule has 0 unspecified atom stereocenters. The lowest BCUT2D eigenvalue weighted by Crippen LogP contribution is -2.45. The Hall–Kier alpha value is -2.37. The second kappa shape index (κ2) is 6.17. The quantitative estimate of drug-likeness (QED) is 0.638. The predicted molar refractivity (Wildman–Crippen MR) is 81.2 cm³/mol. The minimum atomic E-state index is -4.70. The van der Waals surface area contributed by atoms with Gasteiger partial charge < -0.3 is 10.6 Å². The van der Waals surface area contributed by atoms with Crippen LogP contribution in [0.2, 0.25) is 0 Å². The lowest BCUT2D eigenvalue weighted by molar-refractivity contribution is -0.137. The monoisotopic (exact) mass is 361 g/mol. The van der Waals surface area contributed by atoms with E-state index in [2.05, 4.69) is 21.5 Å². The van der Waals surface area contributed by atoms with Crippen molar-refractivity contribution in [1.29, 1.82) is 0 Å². The molecule has 136 valence electrons. The van der Waals surface area contributed by atoms with E-state index in [1.807, 2.05) is 0 Å². The van der Waals surface area contributed by atoms with E-state index < -0.39 is 53.6 Å². The number of rotatable bonds is 4. The molecule has 2 N–H and O–H groups in total. The maximum Gasteiger partial charge on any atom is 0.417 e. The number of carbonyl (C=O) groups is 1. The van der Waals surface area contributed by atoms with Gasteiger partial charge in [0.25, 0.3) is 11.8 Å². The van der Waals surface area contributed by atoms with Gasteiger partial charge in [-0.05, 0) is 19.9 Å². The van der Waals surface area contributed by atoms with Crippen molar-refractivity contribution in [1.82, 2.24) is 10.3 Å². The topological polar surface area (TPSA) is 54.0 Å². The molecule has 1 fully saturated rings. The lowest BCUT2D eigenvalue weighted by Gasteiger charge is -2.36. The summed E-state index contributed by atoms with van der Waals surface area (Å²) in [7, 11) is 0. The third kappa shape index (κ3) is 4.59. The Morgan fingerprint density at radius 3 is 2.44 bits per heavy atom. The van der Waals surface area contributed by atoms with Crippen molar-refractivity contribution >= 4 is 11.7 Å². The molecule has 4 nitrogen and oxygen atoms in total. The number of terminal acetylenes is 1. The van der Waals surface area contributed by atoms with E-state index in [0.717, 1.165) is 0 Å². The summed E-state index contributed by atoms with van der Waals surface area (Å²) in [5.41, 5.74) is -2.64. The second-order valence-electron chi connectivity index (χ2n) is 6.45. The van der Waals surface area contributed by atoms with Crippen LogP contribution in [0.5, 0.6) is 0 Å². The molecule has 0 spiro atoms. The van der Waals surface area contributed by atoms with E-state index in [4.69, 9.17) is 6.42 Å². The van der Waals surface area contributed by atoms with Gasteiger partial charge >= 0.3 is 6.18 Å². The van der Waals surface area contributed by atoms with Crippen molar-refractivity contribution in [2.45, 2.75) is 50.4 Å². The first-order valence-corrected chi connectivity index (χ1v) is 7.35. The minimum Gasteiger partial charge on any atom is -0.366 e. The molecule has 1 aromatic rings. The Balaban J connectivity index is 2.32. The second-order valence-corrected chi connectivity index (χ2v) is 6.45. The maximum atomic E-state index is 12.9. The maximum absolute atomic E-state index is 12.9. The number of nitrogens with one attached hydrogen (secondary N) is 2. The highest BCUT2D eigenvalue weighted by atomic mass is 19.4. The van der Waals surface area contributed by atoms with Gasteiger partial charge in [0, 0.05) is 25.1 Å². The number of pyridine rings is 1. The Morgan fingerprint density at radius 1 is 1.36 bits per heavy atom. The van der Waals surface area contributed by atoms with Crippen molar-refractivity contribution in [2.75, 3.05) is 5.32 Å². The smallest absolute Gasteiger partial charge is 0.366 e. The van der Waals surface area contributed by atoms with Gasteiger partial charge in [-0.15, -0.1) is 6.42 Å². The number of halogens is 5. The minimum absolute atomic E-state index is 0.196. The van der Waals surface area contributed by atoms with Crippen LogP contribution in [-0.4, -0.2) is 28.4 Å². The van der Waals surface area contributed by atoms with Crippen molar-refractivity contribution in [3.63, 3.8) is 0 Å². The summed E-state index contributed by atoms with van der Waals surface area (Å²) in [5.74, 6) is -1.61. The molecule has 0 aliphatic heterocycles. The van der Waals surface area contributed by atoms with Gasteiger partial charge in [-0.1, -0.05) is 5.92 Å². The van der Waals surface area contributed by atoms with Crippen LogP contribution in [0.3, 0.4) is 0 Å². The van der Waals surface area contributed by atoms with Crippen LogP contribution < -0.4 is 10.6 Å². The van der Waals surface area contributed by atoms with E-state index >= 15 is 0 Å². The van der Waals surface area contributed by atoms with Crippen molar-refractivity contribution in [3.05, 3.63) is 23.4 Å². The van der Waals surface area contributed by atoms with E-state index in [9.17, 15) is 26.7 Å². The summed E-state index contributed by atoms with van der Waals surface area (Å²) in [4.78, 5) is 15.9. The third-order valence-corrected chi connectivity index (χ3v) is 3.68. The van der Waals surface area contributed by atoms with Gasteiger partial charge in [0.05, 0.1) is 16.7 Å². The summed E-state index contributed by atoms with van der Waals surface area (Å²) in [5, 5.41) is 4.99. The fourth-order valence-corrected chi connectivity index (χ4v) is 2.25. The molecular formula is C16H16F5N3O. The first kappa shape index (κ1) is 19.0. The number of carbonyl (C=O) groups excluding carboxylic acids is 1. The third-order valence-electron chi connectivity index (χ3n) is 3.68. The summed E-state index contributed by atoms with van der Waals surface area (Å²) >= 11 is 0. The number of alkyl halides is 5. The van der Waals surface area contributed by atoms with Gasteiger partial charge in [-0.25, -0.2) is 13.8 Å². The Bertz CT molecular complexity index is 713. The average Bonchev–Trinajstić information content (AvgIpc) is 2.44. The summed E-state index contributed by atoms with van der Waals surface area (Å²) in [6, 6.07) is -0.0555. The van der Waals surface area contributed by atoms with Crippen LogP contribution >= 0.6 is 0 Å². The fourth-order valence-electron chi connectivity index (χ4n) is 2.25. The Labute approximate surface area is 141 Å². The summed E-state index contributed by atoms with van der Waals surface area (Å²) in [6.07, 6.45) is 0.134. The molecule has 2 rings (SSSR count). The number of hydrogen-bond donors (Lipinski definition) is 2. The summed E-state index contributed by atoms with van der Waals surface area (Å²) in [6.45, 7) is 2.98. The van der Waals surface area contributed by atoms with Crippen molar-refractivity contribution in [2.24, 2.45) is 0 Å². The van der Waals surface area contributed by atoms with Gasteiger partial charge in [-0.3, -0.25) is 4.79 Å². The van der Waals surface area contributed by atoms with Crippen molar-refractivity contribution < 1.29 is 26.7 Å². The molecule has 1 heterocycles. The van der Waals surface area contributed by atoms with Crippen molar-refractivity contribution in [3.8, 4) is 12.3 Å². The average molecular weight is 361 g/mol. The van der Waals surface area contributed by atoms with E-state index in [1.54, 1.807) is 0 Å². The zero-order chi connectivity index (χ0) is 19.0. The molecule has 0 saturated heterocycles. The largest absolute Gasteiger partial charge is 0.417 e. The van der Waals surface area contributed by atoms with Crippen LogP contribution in [0.25, 0.3) is 0 Å². The number of amides is 1. The van der Waals surface area contributed by atoms with Crippen LogP contribution in [0.4, 0.5) is 27.8 Å². The molecule has 1 aliphatic rings. The number of nitrogens with zero attached hydrogens (tertiary/aromatic N) is 1. The van der Waals surface area contributed by atoms with Gasteiger partial charge in [0.2, 0.25) is 0 Å². The normalized spacial score (nSPS) is 17.4. The molecule has 25 heavy (non-hydrogen) atoms. The zero-order valence-electron chi connectivity index (χ0n) is 13.5. The van der Waals surface area contributed by atoms with Crippen LogP contribution in [0.15, 0.2) is 12.3 Å². The number of aromatic nitrogens is 1. The Morgan fingerprint density at radius 2 is 1.96 bits per heavy atom. The van der Waals surface area contributed by atoms with Gasteiger partial charge in [0.15, 0.2) is 0 Å². The first-order valence-electron chi connectivity index (χ1n) is 7.35. The highest BCUT2D eigenvalue weighted by molar-refractivity contribution is 5.99. The highest BCUT2D eigenvalue weighted by Crippen LogP contribution is 2.39. The van der Waals surface area contributed by atoms with E-state index in [-0.39, 0.29) is 5.82 Å². The van der Waals surface area contributed by atoms with Gasteiger partial charge in [0.1, 0.15) is 5.82 Å². The molecule has 9 heteroatoms. The Kier molecular flexibility index (Phi) is 4.68. The molecule has 0 aromatic carbocycles. The molecular weight excluding hydrogens is 345 g/mol. The molecule has 0 radical (unpaired) electrons. The molecule has 0 atom stereocenters. The molecule has 1 aliphatic carbocycles. The fraction of sp³-hybridized carbons (Fsp3) is 0.500. The lowest BCUT2D eigenvalue weighted by atomic mass is 9.88.